The lowest BCUT2D eigenvalue weighted by Crippen LogP contribution is -2.23. The molecule has 0 unspecified atom stereocenters. The van der Waals surface area contributed by atoms with Crippen molar-refractivity contribution in [1.29, 1.82) is 0 Å². The Labute approximate surface area is 77.9 Å². The molecule has 0 fully saturated rings. The van der Waals surface area contributed by atoms with E-state index in [2.05, 4.69) is 7.11 Å². The molecule has 3 heteroatoms. The van der Waals surface area contributed by atoms with E-state index in [4.69, 9.17) is 4.74 Å². The zero-order chi connectivity index (χ0) is 9.84. The average Bonchev–Trinajstić information content (AvgIpc) is 2.16. The molecule has 0 aliphatic heterocycles. The maximum Gasteiger partial charge on any atom is 0.223 e. The van der Waals surface area contributed by atoms with E-state index >= 15 is 0 Å². The fraction of sp³-hybridized carbons (Fsp3) is 0.200. The van der Waals surface area contributed by atoms with Crippen molar-refractivity contribution < 1.29 is 9.53 Å². The van der Waals surface area contributed by atoms with Gasteiger partial charge in [-0.1, -0.05) is 12.1 Å². The molecule has 1 amide bonds. The minimum Gasteiger partial charge on any atom is -0.488 e. The Bertz CT molecular complexity index is 310. The summed E-state index contributed by atoms with van der Waals surface area (Å²) in [7, 11) is 5.01. The van der Waals surface area contributed by atoms with Gasteiger partial charge >= 0.3 is 0 Å². The fourth-order valence-electron chi connectivity index (χ4n) is 1.03. The van der Waals surface area contributed by atoms with Crippen LogP contribution in [0.2, 0.25) is 0 Å². The molecule has 0 saturated carbocycles. The number of carbonyl (C=O) groups excluding carboxylic acids is 1. The maximum atomic E-state index is 11.1. The van der Waals surface area contributed by atoms with Gasteiger partial charge in [-0.25, -0.2) is 0 Å². The number of nitrogens with zero attached hydrogens (tertiary/aromatic N) is 1. The van der Waals surface area contributed by atoms with Crippen molar-refractivity contribution in [2.24, 2.45) is 0 Å². The van der Waals surface area contributed by atoms with Crippen LogP contribution >= 0.6 is 0 Å². The molecule has 0 aliphatic rings. The monoisotopic (exact) mass is 178 g/mol. The Hall–Kier alpha value is -1.51. The summed E-state index contributed by atoms with van der Waals surface area (Å²) < 4.78 is 4.87. The van der Waals surface area contributed by atoms with Crippen LogP contribution in [-0.4, -0.2) is 13.0 Å². The van der Waals surface area contributed by atoms with E-state index in [0.29, 0.717) is 5.75 Å². The molecule has 0 N–H and O–H groups in total. The summed E-state index contributed by atoms with van der Waals surface area (Å²) in [6, 6.07) is 7.25. The zero-order valence-corrected chi connectivity index (χ0v) is 7.78. The molecule has 1 rings (SSSR count). The average molecular weight is 178 g/mol. The van der Waals surface area contributed by atoms with Gasteiger partial charge < -0.3 is 9.64 Å². The summed E-state index contributed by atoms with van der Waals surface area (Å²) in [6.07, 6.45) is 0. The first-order chi connectivity index (χ1) is 6.16. The lowest BCUT2D eigenvalue weighted by atomic mass is 10.2. The Morgan fingerprint density at radius 1 is 1.46 bits per heavy atom. The Balaban J connectivity index is 3.05. The zero-order valence-electron chi connectivity index (χ0n) is 7.78. The van der Waals surface area contributed by atoms with Crippen LogP contribution in [0.1, 0.15) is 6.92 Å². The summed E-state index contributed by atoms with van der Waals surface area (Å²) >= 11 is 0. The van der Waals surface area contributed by atoms with Gasteiger partial charge in [-0.15, -0.1) is 0 Å². The molecule has 69 valence electrons. The third-order valence-electron chi connectivity index (χ3n) is 1.85. The van der Waals surface area contributed by atoms with Gasteiger partial charge in [-0.3, -0.25) is 4.79 Å². The van der Waals surface area contributed by atoms with Gasteiger partial charge in [0.25, 0.3) is 0 Å². The summed E-state index contributed by atoms with van der Waals surface area (Å²) in [4.78, 5) is 12.6. The summed E-state index contributed by atoms with van der Waals surface area (Å²) in [5.41, 5.74) is 0.727. The molecule has 0 bridgehead atoms. The summed E-state index contributed by atoms with van der Waals surface area (Å²) in [5.74, 6) is 0.560. The van der Waals surface area contributed by atoms with Crippen LogP contribution in [0.4, 0.5) is 5.69 Å². The highest BCUT2D eigenvalue weighted by Gasteiger charge is 2.09. The topological polar surface area (TPSA) is 29.5 Å². The molecular weight excluding hydrogens is 166 g/mol. The highest BCUT2D eigenvalue weighted by molar-refractivity contribution is 5.92. The summed E-state index contributed by atoms with van der Waals surface area (Å²) in [6.45, 7) is 1.50. The number of rotatable bonds is 2. The van der Waals surface area contributed by atoms with E-state index in [9.17, 15) is 4.79 Å². The number of carbonyl (C=O) groups is 1. The van der Waals surface area contributed by atoms with Crippen molar-refractivity contribution in [2.75, 3.05) is 11.9 Å². The lowest BCUT2D eigenvalue weighted by molar-refractivity contribution is -0.116. The van der Waals surface area contributed by atoms with E-state index in [-0.39, 0.29) is 5.91 Å². The van der Waals surface area contributed by atoms with Crippen LogP contribution in [0.5, 0.6) is 5.75 Å². The molecule has 13 heavy (non-hydrogen) atoms. The number of para-hydroxylation sites is 2. The summed E-state index contributed by atoms with van der Waals surface area (Å²) in [5, 5.41) is 0. The van der Waals surface area contributed by atoms with Crippen LogP contribution in [0.3, 0.4) is 0 Å². The Morgan fingerprint density at radius 3 is 2.62 bits per heavy atom. The number of hydrogen-bond acceptors (Lipinski definition) is 2. The third-order valence-corrected chi connectivity index (χ3v) is 1.85. The van der Waals surface area contributed by atoms with Gasteiger partial charge in [-0.2, -0.15) is 0 Å². The predicted octanol–water partition coefficient (Wildman–Crippen LogP) is 1.84. The first-order valence-corrected chi connectivity index (χ1v) is 3.92. The molecule has 0 aliphatic carbocycles. The first-order valence-electron chi connectivity index (χ1n) is 3.92. The third kappa shape index (κ3) is 1.99. The second-order valence-corrected chi connectivity index (χ2v) is 2.69. The van der Waals surface area contributed by atoms with Crippen molar-refractivity contribution in [3.05, 3.63) is 31.4 Å². The number of ether oxygens (including phenoxy) is 1. The number of hydrogen-bond donors (Lipinski definition) is 0. The van der Waals surface area contributed by atoms with Gasteiger partial charge in [0.15, 0.2) is 0 Å². The van der Waals surface area contributed by atoms with Crippen LogP contribution in [0.25, 0.3) is 0 Å². The molecule has 1 aromatic carbocycles. The Morgan fingerprint density at radius 2 is 2.08 bits per heavy atom. The first kappa shape index (κ1) is 9.58. The molecule has 1 radical (unpaired) electrons. The highest BCUT2D eigenvalue weighted by Crippen LogP contribution is 2.26. The normalized spacial score (nSPS) is 9.46. The van der Waals surface area contributed by atoms with Gasteiger partial charge in [0.2, 0.25) is 5.91 Å². The van der Waals surface area contributed by atoms with Crippen molar-refractivity contribution in [1.82, 2.24) is 0 Å². The largest absolute Gasteiger partial charge is 0.488 e. The van der Waals surface area contributed by atoms with Crippen LogP contribution in [-0.2, 0) is 4.79 Å². The smallest absolute Gasteiger partial charge is 0.223 e. The van der Waals surface area contributed by atoms with Gasteiger partial charge in [0, 0.05) is 14.0 Å². The molecule has 0 heterocycles. The van der Waals surface area contributed by atoms with Crippen LogP contribution < -0.4 is 9.64 Å². The number of anilines is 1. The number of amides is 1. The molecule has 0 atom stereocenters. The molecular formula is C10H12NO2. The van der Waals surface area contributed by atoms with Gasteiger partial charge in [0.1, 0.15) is 12.9 Å². The SMILES string of the molecule is [CH2]Oc1ccccc1N(C)C(C)=O. The molecule has 0 saturated heterocycles. The van der Waals surface area contributed by atoms with Crippen LogP contribution in [0, 0.1) is 7.11 Å². The molecule has 0 aromatic heterocycles. The molecule has 0 spiro atoms. The van der Waals surface area contributed by atoms with Crippen molar-refractivity contribution in [2.45, 2.75) is 6.92 Å². The van der Waals surface area contributed by atoms with Crippen LogP contribution in [0.15, 0.2) is 24.3 Å². The molecule has 3 nitrogen and oxygen atoms in total. The van der Waals surface area contributed by atoms with E-state index in [1.807, 2.05) is 18.2 Å². The minimum absolute atomic E-state index is 0.0375. The highest BCUT2D eigenvalue weighted by atomic mass is 16.5. The number of benzene rings is 1. The Kier molecular flexibility index (Phi) is 2.90. The van der Waals surface area contributed by atoms with E-state index in [1.54, 1.807) is 13.1 Å². The predicted molar refractivity (Wildman–Crippen MR) is 51.5 cm³/mol. The minimum atomic E-state index is -0.0375. The van der Waals surface area contributed by atoms with Gasteiger partial charge in [0.05, 0.1) is 5.69 Å². The van der Waals surface area contributed by atoms with Gasteiger partial charge in [-0.05, 0) is 12.1 Å². The standard InChI is InChI=1S/C10H12NO2/c1-8(12)11(2)9-6-4-5-7-10(9)13-3/h4-7H,3H2,1-2H3. The van der Waals surface area contributed by atoms with Crippen molar-refractivity contribution in [3.63, 3.8) is 0 Å². The second-order valence-electron chi connectivity index (χ2n) is 2.69. The van der Waals surface area contributed by atoms with E-state index in [1.165, 1.54) is 11.8 Å². The fourth-order valence-corrected chi connectivity index (χ4v) is 1.03. The lowest BCUT2D eigenvalue weighted by Gasteiger charge is -2.17. The quantitative estimate of drug-likeness (QED) is 0.691. The molecule has 1 aromatic rings. The maximum absolute atomic E-state index is 11.1. The van der Waals surface area contributed by atoms with Crippen molar-refractivity contribution >= 4 is 11.6 Å². The van der Waals surface area contributed by atoms with Crippen molar-refractivity contribution in [3.8, 4) is 5.75 Å². The van der Waals surface area contributed by atoms with E-state index < -0.39 is 0 Å². The second kappa shape index (κ2) is 3.94. The van der Waals surface area contributed by atoms with E-state index in [0.717, 1.165) is 5.69 Å².